The Morgan fingerprint density at radius 2 is 1.96 bits per heavy atom. The minimum atomic E-state index is -3.53. The lowest BCUT2D eigenvalue weighted by Gasteiger charge is -2.30. The Hall–Kier alpha value is -1.70. The van der Waals surface area contributed by atoms with Gasteiger partial charge in [-0.25, -0.2) is 8.42 Å². The molecule has 0 aliphatic carbocycles. The molecule has 7 heteroatoms. The number of carbonyl (C=O) groups excluding carboxylic acids is 1. The Kier molecular flexibility index (Phi) is 5.27. The van der Waals surface area contributed by atoms with Crippen LogP contribution in [0.5, 0.6) is 5.75 Å². The maximum absolute atomic E-state index is 12.6. The van der Waals surface area contributed by atoms with Crippen molar-refractivity contribution in [3.8, 4) is 5.75 Å². The molecule has 2 heterocycles. The smallest absolute Gasteiger partial charge is 0.315 e. The van der Waals surface area contributed by atoms with Gasteiger partial charge in [0.1, 0.15) is 9.96 Å². The predicted octanol–water partition coefficient (Wildman–Crippen LogP) is 3.37. The summed E-state index contributed by atoms with van der Waals surface area (Å²) in [5.41, 5.74) is 2.04. The van der Waals surface area contributed by atoms with Crippen molar-refractivity contribution >= 4 is 27.3 Å². The van der Waals surface area contributed by atoms with Crippen LogP contribution >= 0.6 is 11.3 Å². The van der Waals surface area contributed by atoms with Gasteiger partial charge in [-0.2, -0.15) is 4.31 Å². The van der Waals surface area contributed by atoms with Gasteiger partial charge in [-0.05, 0) is 61.4 Å². The van der Waals surface area contributed by atoms with Crippen LogP contribution in [-0.2, 0) is 14.8 Å². The largest absolute Gasteiger partial charge is 0.426 e. The van der Waals surface area contributed by atoms with Crippen LogP contribution in [0, 0.1) is 19.8 Å². The number of piperidine rings is 1. The zero-order chi connectivity index (χ0) is 18.0. The molecule has 1 aliphatic heterocycles. The van der Waals surface area contributed by atoms with E-state index in [0.29, 0.717) is 29.3 Å². The van der Waals surface area contributed by atoms with Crippen LogP contribution in [-0.4, -0.2) is 31.8 Å². The van der Waals surface area contributed by atoms with Crippen molar-refractivity contribution in [3.05, 3.63) is 46.8 Å². The zero-order valence-electron chi connectivity index (χ0n) is 14.3. The van der Waals surface area contributed by atoms with Crippen molar-refractivity contribution in [2.24, 2.45) is 5.92 Å². The van der Waals surface area contributed by atoms with Crippen molar-refractivity contribution in [1.82, 2.24) is 4.31 Å². The quantitative estimate of drug-likeness (QED) is 0.603. The van der Waals surface area contributed by atoms with Gasteiger partial charge in [0.15, 0.2) is 0 Å². The van der Waals surface area contributed by atoms with E-state index in [4.69, 9.17) is 4.74 Å². The summed E-state index contributed by atoms with van der Waals surface area (Å²) in [5, 5.41) is 1.74. The minimum Gasteiger partial charge on any atom is -0.426 e. The molecule has 134 valence electrons. The second-order valence-electron chi connectivity index (χ2n) is 6.38. The van der Waals surface area contributed by atoms with Crippen molar-refractivity contribution < 1.29 is 17.9 Å². The maximum atomic E-state index is 12.6. The summed E-state index contributed by atoms with van der Waals surface area (Å²) in [5.74, 6) is -0.291. The zero-order valence-corrected chi connectivity index (χ0v) is 15.9. The van der Waals surface area contributed by atoms with Crippen molar-refractivity contribution in [3.63, 3.8) is 0 Å². The van der Waals surface area contributed by atoms with E-state index < -0.39 is 15.9 Å². The van der Waals surface area contributed by atoms with E-state index in [0.717, 1.165) is 11.1 Å². The Morgan fingerprint density at radius 1 is 1.24 bits per heavy atom. The van der Waals surface area contributed by atoms with E-state index in [2.05, 4.69) is 0 Å². The first-order valence-corrected chi connectivity index (χ1v) is 10.5. The number of benzene rings is 1. The van der Waals surface area contributed by atoms with E-state index in [1.54, 1.807) is 17.5 Å². The molecule has 25 heavy (non-hydrogen) atoms. The molecule has 1 atom stereocenters. The molecule has 3 rings (SSSR count). The molecule has 0 amide bonds. The van der Waals surface area contributed by atoms with Crippen LogP contribution in [0.4, 0.5) is 0 Å². The summed E-state index contributed by atoms with van der Waals surface area (Å²) < 4.78 is 32.5. The molecule has 0 spiro atoms. The number of nitrogens with zero attached hydrogens (tertiary/aromatic N) is 1. The summed E-state index contributed by atoms with van der Waals surface area (Å²) in [7, 11) is -3.53. The lowest BCUT2D eigenvalue weighted by atomic mass is 10.00. The summed E-state index contributed by atoms with van der Waals surface area (Å²) in [6.45, 7) is 4.50. The first-order chi connectivity index (χ1) is 11.9. The summed E-state index contributed by atoms with van der Waals surface area (Å²) in [6.07, 6.45) is 1.29. The second-order valence-corrected chi connectivity index (χ2v) is 9.49. The Balaban J connectivity index is 1.71. The Morgan fingerprint density at radius 3 is 2.60 bits per heavy atom. The topological polar surface area (TPSA) is 63.7 Å². The predicted molar refractivity (Wildman–Crippen MR) is 97.4 cm³/mol. The molecule has 0 N–H and O–H groups in total. The standard InChI is InChI=1S/C18H21NO4S2/c1-13-9-14(2)11-16(10-13)23-18(20)15-5-3-7-19(12-15)25(21,22)17-6-4-8-24-17/h4,6,8-11,15H,3,5,7,12H2,1-2H3. The first kappa shape index (κ1) is 18.1. The Labute approximate surface area is 152 Å². The number of hydrogen-bond donors (Lipinski definition) is 0. The lowest BCUT2D eigenvalue weighted by Crippen LogP contribution is -2.43. The van der Waals surface area contributed by atoms with Crippen LogP contribution in [0.2, 0.25) is 0 Å². The fourth-order valence-corrected chi connectivity index (χ4v) is 5.75. The minimum absolute atomic E-state index is 0.171. The highest BCUT2D eigenvalue weighted by atomic mass is 32.2. The SMILES string of the molecule is Cc1cc(C)cc(OC(=O)C2CCCN(S(=O)(=O)c3cccs3)C2)c1. The van der Waals surface area contributed by atoms with Crippen LogP contribution in [0.25, 0.3) is 0 Å². The fourth-order valence-electron chi connectivity index (χ4n) is 3.08. The Bertz CT molecular complexity index is 839. The van der Waals surface area contributed by atoms with Crippen LogP contribution in [0.1, 0.15) is 24.0 Å². The molecule has 0 bridgehead atoms. The summed E-state index contributed by atoms with van der Waals surface area (Å²) in [6, 6.07) is 8.94. The van der Waals surface area contributed by atoms with Crippen LogP contribution < -0.4 is 4.74 Å². The van der Waals surface area contributed by atoms with Crippen molar-refractivity contribution in [2.75, 3.05) is 13.1 Å². The average Bonchev–Trinajstić information content (AvgIpc) is 3.09. The molecule has 1 aromatic heterocycles. The van der Waals surface area contributed by atoms with E-state index >= 15 is 0 Å². The fraction of sp³-hybridized carbons (Fsp3) is 0.389. The van der Waals surface area contributed by atoms with E-state index in [1.165, 1.54) is 15.6 Å². The van der Waals surface area contributed by atoms with Crippen molar-refractivity contribution in [1.29, 1.82) is 0 Å². The highest BCUT2D eigenvalue weighted by Gasteiger charge is 2.34. The van der Waals surface area contributed by atoms with Crippen LogP contribution in [0.15, 0.2) is 39.9 Å². The van der Waals surface area contributed by atoms with Gasteiger partial charge in [0.05, 0.1) is 5.92 Å². The number of carbonyl (C=O) groups is 1. The highest BCUT2D eigenvalue weighted by Crippen LogP contribution is 2.27. The molecule has 0 radical (unpaired) electrons. The molecule has 1 saturated heterocycles. The molecule has 1 fully saturated rings. The third-order valence-corrected chi connectivity index (χ3v) is 7.46. The number of aryl methyl sites for hydroxylation is 2. The average molecular weight is 380 g/mol. The van der Waals surface area contributed by atoms with E-state index in [9.17, 15) is 13.2 Å². The molecular weight excluding hydrogens is 358 g/mol. The van der Waals surface area contributed by atoms with Gasteiger partial charge in [0, 0.05) is 13.1 Å². The number of hydrogen-bond acceptors (Lipinski definition) is 5. The van der Waals surface area contributed by atoms with Gasteiger partial charge >= 0.3 is 5.97 Å². The van der Waals surface area contributed by atoms with Gasteiger partial charge in [-0.1, -0.05) is 12.1 Å². The molecule has 1 unspecified atom stereocenters. The normalized spacial score (nSPS) is 18.9. The van der Waals surface area contributed by atoms with Gasteiger partial charge in [-0.3, -0.25) is 4.79 Å². The van der Waals surface area contributed by atoms with Gasteiger partial charge in [0.25, 0.3) is 10.0 Å². The monoisotopic (exact) mass is 379 g/mol. The van der Waals surface area contributed by atoms with E-state index in [1.807, 2.05) is 32.0 Å². The highest BCUT2D eigenvalue weighted by molar-refractivity contribution is 7.91. The second kappa shape index (κ2) is 7.27. The number of rotatable bonds is 4. The van der Waals surface area contributed by atoms with Gasteiger partial charge in [0.2, 0.25) is 0 Å². The molecular formula is C18H21NO4S2. The molecule has 1 aliphatic rings. The number of thiophene rings is 1. The summed E-state index contributed by atoms with van der Waals surface area (Å²) in [4.78, 5) is 12.5. The van der Waals surface area contributed by atoms with Gasteiger partial charge < -0.3 is 4.74 Å². The summed E-state index contributed by atoms with van der Waals surface area (Å²) >= 11 is 1.19. The van der Waals surface area contributed by atoms with Crippen molar-refractivity contribution in [2.45, 2.75) is 30.9 Å². The third-order valence-electron chi connectivity index (χ3n) is 4.22. The molecule has 0 saturated carbocycles. The molecule has 5 nitrogen and oxygen atoms in total. The molecule has 2 aromatic rings. The first-order valence-electron chi connectivity index (χ1n) is 8.20. The van der Waals surface area contributed by atoms with Gasteiger partial charge in [-0.15, -0.1) is 11.3 Å². The van der Waals surface area contributed by atoms with Crippen LogP contribution in [0.3, 0.4) is 0 Å². The number of ether oxygens (including phenoxy) is 1. The number of esters is 1. The third kappa shape index (κ3) is 4.11. The molecule has 1 aromatic carbocycles. The maximum Gasteiger partial charge on any atom is 0.315 e. The lowest BCUT2D eigenvalue weighted by molar-refractivity contribution is -0.140. The van der Waals surface area contributed by atoms with E-state index in [-0.39, 0.29) is 12.5 Å². The number of sulfonamides is 1.